The van der Waals surface area contributed by atoms with E-state index in [-0.39, 0.29) is 0 Å². The maximum atomic E-state index is 4.60. The molecule has 4 heteroatoms. The minimum Gasteiger partial charge on any atom is -0.308 e. The summed E-state index contributed by atoms with van der Waals surface area (Å²) in [5.41, 5.74) is 2.31. The van der Waals surface area contributed by atoms with Crippen LogP contribution in [0.2, 0.25) is 0 Å². The molecular formula is C15H16BrN3. The molecule has 1 fully saturated rings. The van der Waals surface area contributed by atoms with Crippen molar-refractivity contribution in [3.63, 3.8) is 0 Å². The highest BCUT2D eigenvalue weighted by atomic mass is 79.9. The highest BCUT2D eigenvalue weighted by Crippen LogP contribution is 2.19. The van der Waals surface area contributed by atoms with Gasteiger partial charge in [0.1, 0.15) is 5.82 Å². The first-order valence-electron chi connectivity index (χ1n) is 6.58. The first-order valence-corrected chi connectivity index (χ1v) is 7.37. The van der Waals surface area contributed by atoms with Gasteiger partial charge in [-0.05, 0) is 36.6 Å². The van der Waals surface area contributed by atoms with Crippen molar-refractivity contribution < 1.29 is 0 Å². The SMILES string of the molecule is Brc1ccc(Cc2nccc(CNC3CC3)n2)cc1. The first kappa shape index (κ1) is 12.8. The van der Waals surface area contributed by atoms with E-state index in [0.29, 0.717) is 6.04 Å². The molecule has 3 rings (SSSR count). The average molecular weight is 318 g/mol. The molecule has 0 saturated heterocycles. The van der Waals surface area contributed by atoms with Gasteiger partial charge in [-0.15, -0.1) is 0 Å². The van der Waals surface area contributed by atoms with Crippen molar-refractivity contribution in [2.45, 2.75) is 31.8 Å². The van der Waals surface area contributed by atoms with Crippen molar-refractivity contribution in [3.05, 3.63) is 58.1 Å². The zero-order valence-electron chi connectivity index (χ0n) is 10.6. The summed E-state index contributed by atoms with van der Waals surface area (Å²) in [4.78, 5) is 8.95. The lowest BCUT2D eigenvalue weighted by atomic mass is 10.1. The molecule has 2 aromatic rings. The summed E-state index contributed by atoms with van der Waals surface area (Å²) in [6.45, 7) is 0.848. The lowest BCUT2D eigenvalue weighted by Crippen LogP contribution is -2.16. The minimum absolute atomic E-state index is 0.713. The summed E-state index contributed by atoms with van der Waals surface area (Å²) in [5, 5.41) is 3.47. The molecular weight excluding hydrogens is 302 g/mol. The second kappa shape index (κ2) is 5.80. The van der Waals surface area contributed by atoms with Gasteiger partial charge >= 0.3 is 0 Å². The molecule has 0 bridgehead atoms. The van der Waals surface area contributed by atoms with Gasteiger partial charge in [0.05, 0.1) is 5.69 Å². The Kier molecular flexibility index (Phi) is 3.89. The summed E-state index contributed by atoms with van der Waals surface area (Å²) in [6, 6.07) is 11.0. The van der Waals surface area contributed by atoms with Gasteiger partial charge in [0.25, 0.3) is 0 Å². The summed E-state index contributed by atoms with van der Waals surface area (Å²) in [6.07, 6.45) is 5.24. The molecule has 1 heterocycles. The van der Waals surface area contributed by atoms with Gasteiger partial charge in [0, 0.05) is 29.7 Å². The highest BCUT2D eigenvalue weighted by Gasteiger charge is 2.20. The van der Waals surface area contributed by atoms with E-state index in [4.69, 9.17) is 0 Å². The molecule has 1 aromatic heterocycles. The smallest absolute Gasteiger partial charge is 0.132 e. The number of rotatable bonds is 5. The quantitative estimate of drug-likeness (QED) is 0.921. The molecule has 98 valence electrons. The van der Waals surface area contributed by atoms with Gasteiger partial charge in [-0.3, -0.25) is 0 Å². The highest BCUT2D eigenvalue weighted by molar-refractivity contribution is 9.10. The molecule has 1 aliphatic carbocycles. The van der Waals surface area contributed by atoms with Crippen LogP contribution in [-0.4, -0.2) is 16.0 Å². The van der Waals surface area contributed by atoms with E-state index >= 15 is 0 Å². The largest absolute Gasteiger partial charge is 0.308 e. The third kappa shape index (κ3) is 3.85. The molecule has 0 radical (unpaired) electrons. The Morgan fingerprint density at radius 1 is 1.16 bits per heavy atom. The number of aromatic nitrogens is 2. The van der Waals surface area contributed by atoms with Gasteiger partial charge < -0.3 is 5.32 Å². The van der Waals surface area contributed by atoms with Crippen LogP contribution in [0.25, 0.3) is 0 Å². The maximum absolute atomic E-state index is 4.60. The van der Waals surface area contributed by atoms with Crippen LogP contribution in [0.5, 0.6) is 0 Å². The Bertz CT molecular complexity index is 550. The molecule has 0 spiro atoms. The van der Waals surface area contributed by atoms with Gasteiger partial charge in [-0.25, -0.2) is 9.97 Å². The Balaban J connectivity index is 1.66. The monoisotopic (exact) mass is 317 g/mol. The van der Waals surface area contributed by atoms with Crippen LogP contribution in [0.1, 0.15) is 29.9 Å². The van der Waals surface area contributed by atoms with Crippen LogP contribution >= 0.6 is 15.9 Å². The van der Waals surface area contributed by atoms with Crippen molar-refractivity contribution >= 4 is 15.9 Å². The zero-order chi connectivity index (χ0) is 13.1. The molecule has 0 aliphatic heterocycles. The van der Waals surface area contributed by atoms with E-state index < -0.39 is 0 Å². The van der Waals surface area contributed by atoms with Gasteiger partial charge in [0.15, 0.2) is 0 Å². The van der Waals surface area contributed by atoms with Gasteiger partial charge in [-0.2, -0.15) is 0 Å². The van der Waals surface area contributed by atoms with E-state index in [2.05, 4.69) is 43.3 Å². The summed E-state index contributed by atoms with van der Waals surface area (Å²) < 4.78 is 1.10. The third-order valence-corrected chi connectivity index (χ3v) is 3.72. The lowest BCUT2D eigenvalue weighted by molar-refractivity contribution is 0.668. The molecule has 3 nitrogen and oxygen atoms in total. The van der Waals surface area contributed by atoms with Crippen molar-refractivity contribution in [2.24, 2.45) is 0 Å². The fourth-order valence-corrected chi connectivity index (χ4v) is 2.21. The van der Waals surface area contributed by atoms with Crippen molar-refractivity contribution in [1.82, 2.24) is 15.3 Å². The second-order valence-corrected chi connectivity index (χ2v) is 5.84. The minimum atomic E-state index is 0.713. The molecule has 19 heavy (non-hydrogen) atoms. The van der Waals surface area contributed by atoms with Crippen LogP contribution in [-0.2, 0) is 13.0 Å². The van der Waals surface area contributed by atoms with Gasteiger partial charge in [0.2, 0.25) is 0 Å². The van der Waals surface area contributed by atoms with Crippen LogP contribution in [0.3, 0.4) is 0 Å². The average Bonchev–Trinajstić information content (AvgIpc) is 3.24. The van der Waals surface area contributed by atoms with Crippen molar-refractivity contribution in [3.8, 4) is 0 Å². The Morgan fingerprint density at radius 2 is 1.95 bits per heavy atom. The van der Waals surface area contributed by atoms with Crippen molar-refractivity contribution in [2.75, 3.05) is 0 Å². The van der Waals surface area contributed by atoms with Crippen LogP contribution in [0.15, 0.2) is 41.0 Å². The molecule has 1 aliphatic rings. The summed E-state index contributed by atoms with van der Waals surface area (Å²) >= 11 is 3.44. The maximum Gasteiger partial charge on any atom is 0.132 e. The van der Waals surface area contributed by atoms with E-state index in [0.717, 1.165) is 29.0 Å². The Morgan fingerprint density at radius 3 is 2.68 bits per heavy atom. The molecule has 0 amide bonds. The molecule has 1 saturated carbocycles. The Hall–Kier alpha value is -1.26. The number of nitrogens with one attached hydrogen (secondary N) is 1. The summed E-state index contributed by atoms with van der Waals surface area (Å²) in [7, 11) is 0. The normalized spacial score (nSPS) is 14.6. The number of nitrogens with zero attached hydrogens (tertiary/aromatic N) is 2. The number of halogens is 1. The fraction of sp³-hybridized carbons (Fsp3) is 0.333. The fourth-order valence-electron chi connectivity index (χ4n) is 1.95. The zero-order valence-corrected chi connectivity index (χ0v) is 12.2. The predicted molar refractivity (Wildman–Crippen MR) is 78.8 cm³/mol. The first-order chi connectivity index (χ1) is 9.29. The topological polar surface area (TPSA) is 37.8 Å². The number of hydrogen-bond donors (Lipinski definition) is 1. The molecule has 0 atom stereocenters. The van der Waals surface area contributed by atoms with E-state index in [1.807, 2.05) is 24.4 Å². The van der Waals surface area contributed by atoms with Crippen LogP contribution < -0.4 is 5.32 Å². The summed E-state index contributed by atoms with van der Waals surface area (Å²) in [5.74, 6) is 0.886. The van der Waals surface area contributed by atoms with Crippen LogP contribution in [0.4, 0.5) is 0 Å². The third-order valence-electron chi connectivity index (χ3n) is 3.19. The number of benzene rings is 1. The number of hydrogen-bond acceptors (Lipinski definition) is 3. The predicted octanol–water partition coefficient (Wildman–Crippen LogP) is 3.08. The Labute approximate surface area is 121 Å². The molecule has 1 N–H and O–H groups in total. The molecule has 1 aromatic carbocycles. The standard InChI is InChI=1S/C15H16BrN3/c16-12-3-1-11(2-4-12)9-15-17-8-7-14(19-15)10-18-13-5-6-13/h1-4,7-8,13,18H,5-6,9-10H2. The van der Waals surface area contributed by atoms with Crippen molar-refractivity contribution in [1.29, 1.82) is 0 Å². The van der Waals surface area contributed by atoms with E-state index in [1.54, 1.807) is 0 Å². The van der Waals surface area contributed by atoms with Gasteiger partial charge in [-0.1, -0.05) is 28.1 Å². The second-order valence-electron chi connectivity index (χ2n) is 4.92. The van der Waals surface area contributed by atoms with Crippen LogP contribution in [0, 0.1) is 0 Å². The van der Waals surface area contributed by atoms with E-state index in [1.165, 1.54) is 18.4 Å². The van der Waals surface area contributed by atoms with E-state index in [9.17, 15) is 0 Å². The molecule has 0 unspecified atom stereocenters. The lowest BCUT2D eigenvalue weighted by Gasteiger charge is -2.05.